The van der Waals surface area contributed by atoms with E-state index in [1.807, 2.05) is 13.0 Å². The van der Waals surface area contributed by atoms with E-state index in [2.05, 4.69) is 15.5 Å². The summed E-state index contributed by atoms with van der Waals surface area (Å²) in [4.78, 5) is 17.0. The molecule has 3 aromatic rings. The van der Waals surface area contributed by atoms with Gasteiger partial charge in [-0.2, -0.15) is 0 Å². The molecule has 0 fully saturated rings. The second-order valence-electron chi connectivity index (χ2n) is 5.50. The van der Waals surface area contributed by atoms with Crippen molar-refractivity contribution in [2.24, 2.45) is 10.3 Å². The highest BCUT2D eigenvalue weighted by atomic mass is 32.2. The highest BCUT2D eigenvalue weighted by molar-refractivity contribution is 7.89. The average molecular weight is 373 g/mol. The molecule has 26 heavy (non-hydrogen) atoms. The molecule has 0 aliphatic heterocycles. The molecule has 2 aromatic heterocycles. The van der Waals surface area contributed by atoms with Crippen molar-refractivity contribution in [3.05, 3.63) is 64.1 Å². The number of pyridine rings is 1. The van der Waals surface area contributed by atoms with Gasteiger partial charge in [0.15, 0.2) is 0 Å². The maximum absolute atomic E-state index is 12.7. The fraction of sp³-hybridized carbons (Fsp3) is 0.0625. The lowest BCUT2D eigenvalue weighted by Crippen LogP contribution is -2.22. The van der Waals surface area contributed by atoms with Gasteiger partial charge in [-0.05, 0) is 42.8 Å². The molecule has 0 spiro atoms. The average Bonchev–Trinajstić information content (AvgIpc) is 2.59. The lowest BCUT2D eigenvalue weighted by molar-refractivity contribution is 0.322. The highest BCUT2D eigenvalue weighted by Gasteiger charge is 2.14. The van der Waals surface area contributed by atoms with Gasteiger partial charge in [-0.15, -0.1) is 0 Å². The van der Waals surface area contributed by atoms with Crippen LogP contribution in [0.2, 0.25) is 0 Å². The monoisotopic (exact) mass is 373 g/mol. The van der Waals surface area contributed by atoms with Crippen LogP contribution in [0.4, 0.5) is 11.5 Å². The molecule has 10 heteroatoms. The first-order valence-electron chi connectivity index (χ1n) is 7.40. The predicted octanol–water partition coefficient (Wildman–Crippen LogP) is 1.20. The number of fused-ring (bicyclic) bond motifs is 1. The molecule has 0 aliphatic rings. The van der Waals surface area contributed by atoms with E-state index < -0.39 is 15.6 Å². The van der Waals surface area contributed by atoms with Gasteiger partial charge in [0.25, 0.3) is 5.56 Å². The number of nitrogens with one attached hydrogen (secondary N) is 1. The summed E-state index contributed by atoms with van der Waals surface area (Å²) in [5, 5.41) is 19.8. The number of nitrogens with two attached hydrogens (primary N) is 1. The summed E-state index contributed by atoms with van der Waals surface area (Å²) >= 11 is 0. The molecule has 0 saturated heterocycles. The summed E-state index contributed by atoms with van der Waals surface area (Å²) in [7, 11) is -3.80. The predicted molar refractivity (Wildman–Crippen MR) is 96.7 cm³/mol. The third-order valence-corrected chi connectivity index (χ3v) is 4.65. The van der Waals surface area contributed by atoms with E-state index in [1.165, 1.54) is 28.7 Å². The normalized spacial score (nSPS) is 11.9. The van der Waals surface area contributed by atoms with Gasteiger partial charge in [0.2, 0.25) is 10.0 Å². The van der Waals surface area contributed by atoms with Crippen LogP contribution in [0.3, 0.4) is 0 Å². The molecule has 1 aromatic carbocycles. The van der Waals surface area contributed by atoms with Gasteiger partial charge in [-0.1, -0.05) is 11.2 Å². The summed E-state index contributed by atoms with van der Waals surface area (Å²) in [5.41, 5.74) is 1.34. The van der Waals surface area contributed by atoms with Crippen LogP contribution >= 0.6 is 0 Å². The second kappa shape index (κ2) is 6.58. The standard InChI is InChI=1S/C16H15N5O4S/c1-10-3-2-8-21-15(10)20-14(13(9-18-23)16(21)22)19-11-4-6-12(7-5-11)26(17,24)25/h2-9,19,23H,1H3,(H2,17,24,25). The van der Waals surface area contributed by atoms with Crippen molar-refractivity contribution in [2.75, 3.05) is 5.32 Å². The zero-order chi connectivity index (χ0) is 18.9. The van der Waals surface area contributed by atoms with Crippen molar-refractivity contribution in [2.45, 2.75) is 11.8 Å². The Balaban J connectivity index is 2.13. The third kappa shape index (κ3) is 3.27. The van der Waals surface area contributed by atoms with E-state index in [0.29, 0.717) is 11.3 Å². The lowest BCUT2D eigenvalue weighted by Gasteiger charge is -2.11. The molecule has 2 heterocycles. The van der Waals surface area contributed by atoms with Crippen molar-refractivity contribution in [1.29, 1.82) is 0 Å². The molecule has 9 nitrogen and oxygen atoms in total. The van der Waals surface area contributed by atoms with Crippen LogP contribution in [0.1, 0.15) is 11.1 Å². The van der Waals surface area contributed by atoms with Crippen LogP contribution in [-0.2, 0) is 10.0 Å². The summed E-state index contributed by atoms with van der Waals surface area (Å²) in [5.74, 6) is 0.172. The first-order chi connectivity index (χ1) is 12.3. The molecule has 0 saturated carbocycles. The van der Waals surface area contributed by atoms with Crippen LogP contribution in [-0.4, -0.2) is 29.2 Å². The fourth-order valence-corrected chi connectivity index (χ4v) is 2.96. The summed E-state index contributed by atoms with van der Waals surface area (Å²) in [6.45, 7) is 1.81. The first kappa shape index (κ1) is 17.6. The summed E-state index contributed by atoms with van der Waals surface area (Å²) in [6.07, 6.45) is 2.56. The number of sulfonamides is 1. The van der Waals surface area contributed by atoms with Crippen LogP contribution in [0.5, 0.6) is 0 Å². The Bertz CT molecular complexity index is 1170. The van der Waals surface area contributed by atoms with Crippen LogP contribution in [0.25, 0.3) is 5.65 Å². The Labute approximate surface area is 148 Å². The van der Waals surface area contributed by atoms with Crippen LogP contribution in [0, 0.1) is 6.92 Å². The summed E-state index contributed by atoms with van der Waals surface area (Å²) in [6, 6.07) is 9.16. The number of rotatable bonds is 4. The van der Waals surface area contributed by atoms with Gasteiger partial charge in [0.1, 0.15) is 17.0 Å². The molecule has 0 atom stereocenters. The first-order valence-corrected chi connectivity index (χ1v) is 8.95. The summed E-state index contributed by atoms with van der Waals surface area (Å²) < 4.78 is 24.0. The molecule has 0 aliphatic carbocycles. The smallest absolute Gasteiger partial charge is 0.269 e. The van der Waals surface area contributed by atoms with E-state index >= 15 is 0 Å². The molecule has 0 bridgehead atoms. The number of hydrogen-bond donors (Lipinski definition) is 3. The van der Waals surface area contributed by atoms with E-state index in [1.54, 1.807) is 12.3 Å². The Morgan fingerprint density at radius 1 is 1.27 bits per heavy atom. The number of hydrogen-bond acceptors (Lipinski definition) is 7. The third-order valence-electron chi connectivity index (χ3n) is 3.72. The van der Waals surface area contributed by atoms with Crippen molar-refractivity contribution >= 4 is 33.4 Å². The van der Waals surface area contributed by atoms with Crippen LogP contribution < -0.4 is 16.0 Å². The van der Waals surface area contributed by atoms with Gasteiger partial charge < -0.3 is 10.5 Å². The maximum Gasteiger partial charge on any atom is 0.269 e. The highest BCUT2D eigenvalue weighted by Crippen LogP contribution is 2.19. The number of aryl methyl sites for hydroxylation is 1. The van der Waals surface area contributed by atoms with E-state index in [4.69, 9.17) is 10.3 Å². The number of anilines is 2. The second-order valence-corrected chi connectivity index (χ2v) is 7.06. The molecule has 0 unspecified atom stereocenters. The molecular weight excluding hydrogens is 358 g/mol. The lowest BCUT2D eigenvalue weighted by atomic mass is 10.2. The van der Waals surface area contributed by atoms with Gasteiger partial charge in [-0.25, -0.2) is 18.5 Å². The maximum atomic E-state index is 12.7. The van der Waals surface area contributed by atoms with Gasteiger partial charge in [0.05, 0.1) is 11.1 Å². The van der Waals surface area contributed by atoms with Gasteiger partial charge in [-0.3, -0.25) is 9.20 Å². The Morgan fingerprint density at radius 2 is 1.96 bits per heavy atom. The quantitative estimate of drug-likeness (QED) is 0.357. The largest absolute Gasteiger partial charge is 0.411 e. The number of aromatic nitrogens is 2. The number of benzene rings is 1. The zero-order valence-electron chi connectivity index (χ0n) is 13.6. The van der Waals surface area contributed by atoms with E-state index in [9.17, 15) is 13.2 Å². The fourth-order valence-electron chi connectivity index (χ4n) is 2.45. The van der Waals surface area contributed by atoms with E-state index in [0.717, 1.165) is 11.8 Å². The van der Waals surface area contributed by atoms with Crippen molar-refractivity contribution in [3.63, 3.8) is 0 Å². The van der Waals surface area contributed by atoms with Gasteiger partial charge in [0, 0.05) is 11.9 Å². The van der Waals surface area contributed by atoms with Crippen molar-refractivity contribution in [1.82, 2.24) is 9.38 Å². The number of nitrogens with zero attached hydrogens (tertiary/aromatic N) is 3. The van der Waals surface area contributed by atoms with E-state index in [-0.39, 0.29) is 16.3 Å². The van der Waals surface area contributed by atoms with Crippen molar-refractivity contribution in [3.8, 4) is 0 Å². The number of oxime groups is 1. The minimum Gasteiger partial charge on any atom is -0.411 e. The molecular formula is C16H15N5O4S. The molecule has 3 rings (SSSR count). The molecule has 4 N–H and O–H groups in total. The topological polar surface area (TPSA) is 139 Å². The van der Waals surface area contributed by atoms with Crippen molar-refractivity contribution < 1.29 is 13.6 Å². The zero-order valence-corrected chi connectivity index (χ0v) is 14.4. The van der Waals surface area contributed by atoms with Gasteiger partial charge >= 0.3 is 0 Å². The Hall–Kier alpha value is -3.24. The molecule has 0 radical (unpaired) electrons. The number of primary sulfonamides is 1. The minimum absolute atomic E-state index is 0.0393. The SMILES string of the molecule is Cc1cccn2c(=O)c(C=NO)c(Nc3ccc(S(N)(=O)=O)cc3)nc12. The molecule has 0 amide bonds. The minimum atomic E-state index is -3.80. The molecule has 134 valence electrons. The Morgan fingerprint density at radius 3 is 2.58 bits per heavy atom. The van der Waals surface area contributed by atoms with Crippen LogP contribution in [0.15, 0.2) is 57.4 Å². The Kier molecular flexibility index (Phi) is 4.45.